The van der Waals surface area contributed by atoms with Gasteiger partial charge in [-0.25, -0.2) is 18.7 Å². The zero-order valence-electron chi connectivity index (χ0n) is 11.8. The van der Waals surface area contributed by atoms with Crippen LogP contribution in [0.25, 0.3) is 22.3 Å². The monoisotopic (exact) mass is 315 g/mol. The summed E-state index contributed by atoms with van der Waals surface area (Å²) in [6.07, 6.45) is 0.558. The maximum atomic E-state index is 14.0. The van der Waals surface area contributed by atoms with E-state index in [0.29, 0.717) is 33.8 Å². The first-order valence-electron chi connectivity index (χ1n) is 6.79. The van der Waals surface area contributed by atoms with E-state index >= 15 is 0 Å². The number of fused-ring (bicyclic) bond motifs is 1. The van der Waals surface area contributed by atoms with Gasteiger partial charge in [-0.1, -0.05) is 36.6 Å². The van der Waals surface area contributed by atoms with Gasteiger partial charge in [0.2, 0.25) is 0 Å². The van der Waals surface area contributed by atoms with Crippen LogP contribution in [0.4, 0.5) is 8.78 Å². The highest BCUT2D eigenvalue weighted by molar-refractivity contribution is 6.34. The predicted octanol–water partition coefficient (Wildman–Crippen LogP) is 4.48. The number of hydrogen-bond donors (Lipinski definition) is 0. The van der Waals surface area contributed by atoms with Gasteiger partial charge in [0.05, 0.1) is 21.9 Å². The van der Waals surface area contributed by atoms with Gasteiger partial charge < -0.3 is 0 Å². The van der Waals surface area contributed by atoms with E-state index in [1.54, 1.807) is 18.2 Å². The molecule has 0 aliphatic rings. The minimum Gasteiger partial charge on any atom is -0.250 e. The molecular weight excluding hydrogens is 304 g/mol. The Labute approximate surface area is 132 Å². The van der Waals surface area contributed by atoms with E-state index in [9.17, 15) is 8.78 Å². The van der Waals surface area contributed by atoms with Crippen LogP contribution in [-0.2, 0) is 6.32 Å². The Balaban J connectivity index is 2.33. The summed E-state index contributed by atoms with van der Waals surface area (Å²) in [5, 5.41) is 0.491. The van der Waals surface area contributed by atoms with Gasteiger partial charge in [0.15, 0.2) is 11.6 Å². The van der Waals surface area contributed by atoms with Gasteiger partial charge in [-0.2, -0.15) is 0 Å². The molecule has 0 atom stereocenters. The zero-order valence-corrected chi connectivity index (χ0v) is 12.5. The average Bonchev–Trinajstić information content (AvgIpc) is 2.52. The maximum Gasteiger partial charge on any atom is 0.186 e. The molecule has 0 saturated carbocycles. The van der Waals surface area contributed by atoms with E-state index < -0.39 is 11.6 Å². The van der Waals surface area contributed by atoms with Crippen molar-refractivity contribution in [3.8, 4) is 11.3 Å². The molecule has 0 bridgehead atoms. The lowest BCUT2D eigenvalue weighted by atomic mass is 9.76. The molecule has 6 heteroatoms. The van der Waals surface area contributed by atoms with E-state index in [4.69, 9.17) is 11.6 Å². The first-order chi connectivity index (χ1) is 10.6. The van der Waals surface area contributed by atoms with Crippen molar-refractivity contribution in [1.82, 2.24) is 9.97 Å². The van der Waals surface area contributed by atoms with Crippen LogP contribution in [0, 0.1) is 11.6 Å². The number of halogens is 3. The summed E-state index contributed by atoms with van der Waals surface area (Å²) in [4.78, 5) is 8.73. The van der Waals surface area contributed by atoms with E-state index in [1.165, 1.54) is 6.07 Å². The van der Waals surface area contributed by atoms with Crippen molar-refractivity contribution in [2.75, 3.05) is 0 Å². The van der Waals surface area contributed by atoms with Gasteiger partial charge in [0.25, 0.3) is 0 Å². The number of benzene rings is 2. The SMILES string of the molecule is C[B]Cc1nc2ccc(F)c(F)c2nc1-c1ccccc1Cl. The van der Waals surface area contributed by atoms with Crippen LogP contribution in [0.3, 0.4) is 0 Å². The minimum atomic E-state index is -0.995. The Morgan fingerprint density at radius 2 is 1.86 bits per heavy atom. The Bertz CT molecular complexity index is 855. The molecule has 3 aromatic rings. The second-order valence-electron chi connectivity index (χ2n) is 4.84. The smallest absolute Gasteiger partial charge is 0.186 e. The molecule has 109 valence electrons. The molecule has 1 heterocycles. The Hall–Kier alpha value is -2.01. The van der Waals surface area contributed by atoms with Crippen LogP contribution >= 0.6 is 11.6 Å². The second kappa shape index (κ2) is 6.01. The lowest BCUT2D eigenvalue weighted by Gasteiger charge is -2.11. The Kier molecular flexibility index (Phi) is 4.07. The number of aromatic nitrogens is 2. The van der Waals surface area contributed by atoms with Crippen molar-refractivity contribution in [3.63, 3.8) is 0 Å². The van der Waals surface area contributed by atoms with E-state index in [2.05, 4.69) is 9.97 Å². The fraction of sp³-hybridized carbons (Fsp3) is 0.125. The summed E-state index contributed by atoms with van der Waals surface area (Å²) in [7, 11) is 1.93. The highest BCUT2D eigenvalue weighted by Crippen LogP contribution is 2.30. The number of nitrogens with zero attached hydrogens (tertiary/aromatic N) is 2. The first kappa shape index (κ1) is 14.9. The average molecular weight is 316 g/mol. The van der Waals surface area contributed by atoms with E-state index in [-0.39, 0.29) is 5.52 Å². The molecule has 0 saturated heterocycles. The Morgan fingerprint density at radius 3 is 2.59 bits per heavy atom. The fourth-order valence-electron chi connectivity index (χ4n) is 2.31. The van der Waals surface area contributed by atoms with Crippen molar-refractivity contribution >= 4 is 29.9 Å². The third kappa shape index (κ3) is 2.57. The van der Waals surface area contributed by atoms with Crippen molar-refractivity contribution in [2.24, 2.45) is 0 Å². The molecule has 2 nitrogen and oxygen atoms in total. The maximum absolute atomic E-state index is 14.0. The molecule has 0 fully saturated rings. The molecule has 2 aromatic carbocycles. The summed E-state index contributed by atoms with van der Waals surface area (Å²) in [6.45, 7) is 1.90. The third-order valence-electron chi connectivity index (χ3n) is 3.33. The van der Waals surface area contributed by atoms with Crippen LogP contribution < -0.4 is 0 Å². The largest absolute Gasteiger partial charge is 0.250 e. The first-order valence-corrected chi connectivity index (χ1v) is 7.17. The van der Waals surface area contributed by atoms with Gasteiger partial charge in [-0.05, 0) is 24.5 Å². The minimum absolute atomic E-state index is 0.0882. The molecule has 0 aliphatic carbocycles. The van der Waals surface area contributed by atoms with Crippen LogP contribution in [0.1, 0.15) is 5.69 Å². The van der Waals surface area contributed by atoms with E-state index in [1.807, 2.05) is 20.2 Å². The molecule has 0 spiro atoms. The van der Waals surface area contributed by atoms with Crippen LogP contribution in [0.5, 0.6) is 0 Å². The highest BCUT2D eigenvalue weighted by Gasteiger charge is 2.16. The third-order valence-corrected chi connectivity index (χ3v) is 3.66. The van der Waals surface area contributed by atoms with Gasteiger partial charge >= 0.3 is 0 Å². The van der Waals surface area contributed by atoms with Crippen LogP contribution in [0.2, 0.25) is 11.8 Å². The standard InChI is InChI=1S/C16H11BClF2N2/c1-17-8-13-15(9-4-2-3-5-10(9)18)22-16-12(21-13)7-6-11(19)14(16)20/h2-7H,8H2,1H3. The lowest BCUT2D eigenvalue weighted by Crippen LogP contribution is -2.04. The zero-order chi connectivity index (χ0) is 15.7. The topological polar surface area (TPSA) is 25.8 Å². The highest BCUT2D eigenvalue weighted by atomic mass is 35.5. The van der Waals surface area contributed by atoms with Crippen molar-refractivity contribution < 1.29 is 8.78 Å². The number of rotatable bonds is 3. The summed E-state index contributed by atoms with van der Waals surface area (Å²) in [5.74, 6) is -1.94. The van der Waals surface area contributed by atoms with Gasteiger partial charge in [0.1, 0.15) is 12.8 Å². The summed E-state index contributed by atoms with van der Waals surface area (Å²) < 4.78 is 27.4. The fourth-order valence-corrected chi connectivity index (χ4v) is 2.53. The molecule has 3 rings (SSSR count). The molecule has 0 aliphatic heterocycles. The number of hydrogen-bond acceptors (Lipinski definition) is 2. The van der Waals surface area contributed by atoms with E-state index in [0.717, 1.165) is 6.07 Å². The van der Waals surface area contributed by atoms with Crippen LogP contribution in [0.15, 0.2) is 36.4 Å². The molecule has 0 amide bonds. The van der Waals surface area contributed by atoms with Crippen molar-refractivity contribution in [2.45, 2.75) is 13.1 Å². The molecule has 1 aromatic heterocycles. The molecule has 1 radical (unpaired) electrons. The normalized spacial score (nSPS) is 10.9. The summed E-state index contributed by atoms with van der Waals surface area (Å²) >= 11 is 6.21. The quantitative estimate of drug-likeness (QED) is 0.666. The molecule has 0 unspecified atom stereocenters. The van der Waals surface area contributed by atoms with Crippen molar-refractivity contribution in [3.05, 3.63) is 58.7 Å². The molecule has 0 N–H and O–H groups in total. The second-order valence-corrected chi connectivity index (χ2v) is 5.25. The molecule has 22 heavy (non-hydrogen) atoms. The van der Waals surface area contributed by atoms with Gasteiger partial charge in [-0.3, -0.25) is 0 Å². The lowest BCUT2D eigenvalue weighted by molar-refractivity contribution is 0.515. The summed E-state index contributed by atoms with van der Waals surface area (Å²) in [5.41, 5.74) is 2.04. The van der Waals surface area contributed by atoms with Gasteiger partial charge in [-0.15, -0.1) is 0 Å². The predicted molar refractivity (Wildman–Crippen MR) is 85.2 cm³/mol. The summed E-state index contributed by atoms with van der Waals surface area (Å²) in [6, 6.07) is 9.61. The van der Waals surface area contributed by atoms with Gasteiger partial charge in [0, 0.05) is 5.56 Å². The van der Waals surface area contributed by atoms with Crippen molar-refractivity contribution in [1.29, 1.82) is 0 Å². The molecular formula is C16H11BClF2N2. The Morgan fingerprint density at radius 1 is 1.09 bits per heavy atom. The van der Waals surface area contributed by atoms with Crippen LogP contribution in [-0.4, -0.2) is 17.2 Å².